The van der Waals surface area contributed by atoms with Gasteiger partial charge in [-0.3, -0.25) is 0 Å². The smallest absolute Gasteiger partial charge is 0.0532 e. The Morgan fingerprint density at radius 2 is 2.33 bits per heavy atom. The molecule has 2 rings (SSSR count). The third-order valence-electron chi connectivity index (χ3n) is 3.80. The molecule has 2 bridgehead atoms. The number of fused-ring (bicyclic) bond motifs is 2. The van der Waals surface area contributed by atoms with E-state index in [4.69, 9.17) is 16.3 Å². The Hall–Kier alpha value is 0.250. The fraction of sp³-hybridized carbons (Fsp3) is 1.00. The van der Waals surface area contributed by atoms with Crippen molar-refractivity contribution in [1.82, 2.24) is 0 Å². The summed E-state index contributed by atoms with van der Waals surface area (Å²) in [5.74, 6) is 2.62. The van der Waals surface area contributed by atoms with Crippen LogP contribution in [0.5, 0.6) is 0 Å². The molecule has 2 saturated carbocycles. The highest BCUT2D eigenvalue weighted by atomic mass is 35.5. The molecule has 0 aliphatic heterocycles. The van der Waals surface area contributed by atoms with Gasteiger partial charge >= 0.3 is 0 Å². The van der Waals surface area contributed by atoms with E-state index in [2.05, 4.69) is 0 Å². The van der Waals surface area contributed by atoms with Crippen LogP contribution in [-0.2, 0) is 4.74 Å². The summed E-state index contributed by atoms with van der Waals surface area (Å²) < 4.78 is 5.29. The van der Waals surface area contributed by atoms with Crippen LogP contribution in [0.4, 0.5) is 0 Å². The number of hydrogen-bond acceptors (Lipinski definition) is 1. The fourth-order valence-electron chi connectivity index (χ4n) is 3.22. The van der Waals surface area contributed by atoms with Gasteiger partial charge in [-0.15, -0.1) is 11.6 Å². The molecule has 2 aliphatic rings. The normalized spacial score (nSPS) is 45.5. The van der Waals surface area contributed by atoms with Gasteiger partial charge < -0.3 is 4.74 Å². The van der Waals surface area contributed by atoms with E-state index in [1.54, 1.807) is 7.11 Å². The predicted octanol–water partition coefficient (Wildman–Crippen LogP) is 2.68. The van der Waals surface area contributed by atoms with Gasteiger partial charge in [0.25, 0.3) is 0 Å². The monoisotopic (exact) mass is 188 g/mol. The van der Waals surface area contributed by atoms with Crippen LogP contribution in [0.1, 0.15) is 25.7 Å². The molecule has 3 unspecified atom stereocenters. The first-order valence-corrected chi connectivity index (χ1v) is 5.39. The van der Waals surface area contributed by atoms with E-state index in [9.17, 15) is 0 Å². The van der Waals surface area contributed by atoms with Gasteiger partial charge in [0.05, 0.1) is 6.61 Å². The maximum absolute atomic E-state index is 6.06. The van der Waals surface area contributed by atoms with Crippen LogP contribution in [-0.4, -0.2) is 19.6 Å². The second kappa shape index (κ2) is 3.19. The summed E-state index contributed by atoms with van der Waals surface area (Å²) in [6.45, 7) is 0.873. The fourth-order valence-corrected chi connectivity index (χ4v) is 3.63. The Bertz CT molecular complexity index is 171. The van der Waals surface area contributed by atoms with Gasteiger partial charge in [-0.2, -0.15) is 0 Å². The highest BCUT2D eigenvalue weighted by Gasteiger charge is 2.50. The molecule has 3 atom stereocenters. The van der Waals surface area contributed by atoms with Crippen molar-refractivity contribution < 1.29 is 4.74 Å². The second-order valence-corrected chi connectivity index (χ2v) is 4.78. The van der Waals surface area contributed by atoms with Crippen LogP contribution in [0.25, 0.3) is 0 Å². The summed E-state index contributed by atoms with van der Waals surface area (Å²) in [6.07, 6.45) is 5.55. The van der Waals surface area contributed by atoms with Crippen LogP contribution in [0.3, 0.4) is 0 Å². The van der Waals surface area contributed by atoms with Crippen molar-refractivity contribution in [3.05, 3.63) is 0 Å². The first-order chi connectivity index (χ1) is 5.80. The molecular weight excluding hydrogens is 172 g/mol. The molecule has 0 radical (unpaired) electrons. The predicted molar refractivity (Wildman–Crippen MR) is 50.5 cm³/mol. The summed E-state index contributed by atoms with van der Waals surface area (Å²) in [5, 5.41) is 0. The van der Waals surface area contributed by atoms with Crippen LogP contribution >= 0.6 is 11.6 Å². The maximum Gasteiger partial charge on any atom is 0.0532 e. The molecular formula is C10H17ClO. The van der Waals surface area contributed by atoms with E-state index >= 15 is 0 Å². The standard InChI is InChI=1S/C10H17ClO/c1-12-7-10(6-11)5-8-2-3-9(10)4-8/h8-9H,2-7H2,1H3. The molecule has 0 aromatic heterocycles. The molecule has 0 aromatic rings. The highest BCUT2D eigenvalue weighted by Crippen LogP contribution is 2.56. The third-order valence-corrected chi connectivity index (χ3v) is 4.33. The third kappa shape index (κ3) is 1.18. The Kier molecular flexibility index (Phi) is 2.35. The van der Waals surface area contributed by atoms with Gasteiger partial charge in [-0.05, 0) is 31.1 Å². The Labute approximate surface area is 79.4 Å². The van der Waals surface area contributed by atoms with Crippen molar-refractivity contribution in [2.24, 2.45) is 17.3 Å². The molecule has 0 saturated heterocycles. The van der Waals surface area contributed by atoms with Crippen molar-refractivity contribution in [3.8, 4) is 0 Å². The lowest BCUT2D eigenvalue weighted by Gasteiger charge is -2.35. The van der Waals surface area contributed by atoms with Crippen LogP contribution in [0.15, 0.2) is 0 Å². The average Bonchev–Trinajstić information content (AvgIpc) is 2.64. The second-order valence-electron chi connectivity index (χ2n) is 4.51. The molecule has 2 aliphatic carbocycles. The zero-order valence-corrected chi connectivity index (χ0v) is 8.44. The minimum absolute atomic E-state index is 0.346. The molecule has 2 heteroatoms. The largest absolute Gasteiger partial charge is 0.384 e. The van der Waals surface area contributed by atoms with E-state index in [1.807, 2.05) is 0 Å². The first kappa shape index (κ1) is 8.83. The first-order valence-electron chi connectivity index (χ1n) is 4.85. The van der Waals surface area contributed by atoms with Crippen LogP contribution in [0, 0.1) is 17.3 Å². The molecule has 0 amide bonds. The zero-order valence-electron chi connectivity index (χ0n) is 7.68. The van der Waals surface area contributed by atoms with Gasteiger partial charge in [-0.25, -0.2) is 0 Å². The lowest BCUT2D eigenvalue weighted by molar-refractivity contribution is 0.0522. The molecule has 0 N–H and O–H groups in total. The summed E-state index contributed by atoms with van der Waals surface area (Å²) in [6, 6.07) is 0. The van der Waals surface area contributed by atoms with Gasteiger partial charge in [-0.1, -0.05) is 6.42 Å². The van der Waals surface area contributed by atoms with E-state index in [0.29, 0.717) is 5.41 Å². The highest BCUT2D eigenvalue weighted by molar-refractivity contribution is 6.18. The van der Waals surface area contributed by atoms with Crippen molar-refractivity contribution in [1.29, 1.82) is 0 Å². The van der Waals surface area contributed by atoms with Crippen LogP contribution in [0.2, 0.25) is 0 Å². The minimum atomic E-state index is 0.346. The lowest BCUT2D eigenvalue weighted by atomic mass is 9.75. The summed E-state index contributed by atoms with van der Waals surface area (Å²) in [7, 11) is 1.79. The number of rotatable bonds is 3. The summed E-state index contributed by atoms with van der Waals surface area (Å²) >= 11 is 6.06. The van der Waals surface area contributed by atoms with Crippen molar-refractivity contribution in [3.63, 3.8) is 0 Å². The maximum atomic E-state index is 6.06. The number of methoxy groups -OCH3 is 1. The van der Waals surface area contributed by atoms with Gasteiger partial charge in [0.2, 0.25) is 0 Å². The van der Waals surface area contributed by atoms with Gasteiger partial charge in [0.1, 0.15) is 0 Å². The van der Waals surface area contributed by atoms with E-state index < -0.39 is 0 Å². The molecule has 0 heterocycles. The number of halogens is 1. The quantitative estimate of drug-likeness (QED) is 0.619. The van der Waals surface area contributed by atoms with Gasteiger partial charge in [0.15, 0.2) is 0 Å². The average molecular weight is 189 g/mol. The minimum Gasteiger partial charge on any atom is -0.384 e. The molecule has 0 spiro atoms. The molecule has 2 fully saturated rings. The Morgan fingerprint density at radius 3 is 2.75 bits per heavy atom. The lowest BCUT2D eigenvalue weighted by Crippen LogP contribution is -2.34. The topological polar surface area (TPSA) is 9.23 Å². The molecule has 70 valence electrons. The van der Waals surface area contributed by atoms with E-state index in [0.717, 1.165) is 24.3 Å². The number of hydrogen-bond donors (Lipinski definition) is 0. The summed E-state index contributed by atoms with van der Waals surface area (Å²) in [4.78, 5) is 0. The van der Waals surface area contributed by atoms with Crippen LogP contribution < -0.4 is 0 Å². The molecule has 12 heavy (non-hydrogen) atoms. The van der Waals surface area contributed by atoms with Crippen molar-refractivity contribution >= 4 is 11.6 Å². The number of alkyl halides is 1. The Balaban J connectivity index is 2.08. The summed E-state index contributed by atoms with van der Waals surface area (Å²) in [5.41, 5.74) is 0.346. The molecule has 1 nitrogen and oxygen atoms in total. The zero-order chi connectivity index (χ0) is 8.60. The van der Waals surface area contributed by atoms with E-state index in [1.165, 1.54) is 25.7 Å². The van der Waals surface area contributed by atoms with Crippen molar-refractivity contribution in [2.75, 3.05) is 19.6 Å². The van der Waals surface area contributed by atoms with Crippen molar-refractivity contribution in [2.45, 2.75) is 25.7 Å². The number of ether oxygens (including phenoxy) is 1. The van der Waals surface area contributed by atoms with Gasteiger partial charge in [0, 0.05) is 18.4 Å². The van der Waals surface area contributed by atoms with E-state index in [-0.39, 0.29) is 0 Å². The Morgan fingerprint density at radius 1 is 1.50 bits per heavy atom. The molecule has 0 aromatic carbocycles. The SMILES string of the molecule is COCC1(CCl)CC2CCC1C2.